The number of hydrogen-bond donors (Lipinski definition) is 1. The molecule has 98 valence electrons. The number of hydrogen-bond acceptors (Lipinski definition) is 2. The van der Waals surface area contributed by atoms with E-state index in [0.717, 1.165) is 5.56 Å². The highest BCUT2D eigenvalue weighted by Gasteiger charge is 2.24. The maximum atomic E-state index is 12.2. The molecule has 0 radical (unpaired) electrons. The van der Waals surface area contributed by atoms with Gasteiger partial charge in [0.15, 0.2) is 0 Å². The predicted molar refractivity (Wildman–Crippen MR) is 76.9 cm³/mol. The molecule has 2 aromatic rings. The van der Waals surface area contributed by atoms with Gasteiger partial charge in [-0.05, 0) is 30.2 Å². The van der Waals surface area contributed by atoms with Gasteiger partial charge >= 0.3 is 7.60 Å². The van der Waals surface area contributed by atoms with E-state index in [1.54, 1.807) is 48.5 Å². The summed E-state index contributed by atoms with van der Waals surface area (Å²) in [6.45, 7) is 3.66. The van der Waals surface area contributed by atoms with Gasteiger partial charge in [0.25, 0.3) is 0 Å². The third kappa shape index (κ3) is 3.34. The molecule has 3 nitrogen and oxygen atoms in total. The third-order valence-electron chi connectivity index (χ3n) is 2.64. The molecule has 0 spiro atoms. The minimum Gasteiger partial charge on any atom is -0.421 e. The molecule has 2 rings (SSSR count). The smallest absolute Gasteiger partial charge is 0.408 e. The van der Waals surface area contributed by atoms with E-state index < -0.39 is 7.60 Å². The Morgan fingerprint density at radius 3 is 2.42 bits per heavy atom. The van der Waals surface area contributed by atoms with Crippen molar-refractivity contribution in [2.45, 2.75) is 6.42 Å². The van der Waals surface area contributed by atoms with E-state index in [9.17, 15) is 9.46 Å². The van der Waals surface area contributed by atoms with E-state index in [0.29, 0.717) is 12.2 Å². The summed E-state index contributed by atoms with van der Waals surface area (Å²) < 4.78 is 17.6. The van der Waals surface area contributed by atoms with Crippen molar-refractivity contribution in [1.82, 2.24) is 0 Å². The van der Waals surface area contributed by atoms with E-state index in [1.807, 2.05) is 12.1 Å². The fourth-order valence-electron chi connectivity index (χ4n) is 1.72. The van der Waals surface area contributed by atoms with Crippen LogP contribution in [0.25, 0.3) is 0 Å². The first-order valence-electron chi connectivity index (χ1n) is 5.90. The molecule has 1 N–H and O–H groups in total. The average molecular weight is 274 g/mol. The van der Waals surface area contributed by atoms with E-state index in [1.165, 1.54) is 0 Å². The third-order valence-corrected chi connectivity index (χ3v) is 4.04. The molecule has 0 heterocycles. The van der Waals surface area contributed by atoms with Crippen molar-refractivity contribution in [2.24, 2.45) is 0 Å². The quantitative estimate of drug-likeness (QED) is 0.672. The summed E-state index contributed by atoms with van der Waals surface area (Å²) in [4.78, 5) is 10.0. The second kappa shape index (κ2) is 5.87. The van der Waals surface area contributed by atoms with Crippen molar-refractivity contribution in [2.75, 3.05) is 0 Å². The molecule has 2 aromatic carbocycles. The summed E-state index contributed by atoms with van der Waals surface area (Å²) in [5.41, 5.74) is 0.836. The Bertz CT molecular complexity index is 608. The van der Waals surface area contributed by atoms with Crippen LogP contribution in [-0.4, -0.2) is 4.89 Å². The lowest BCUT2D eigenvalue weighted by molar-refractivity contribution is 0.392. The van der Waals surface area contributed by atoms with Gasteiger partial charge in [0.05, 0.1) is 5.30 Å². The van der Waals surface area contributed by atoms with Crippen LogP contribution in [0.5, 0.6) is 5.75 Å². The zero-order valence-electron chi connectivity index (χ0n) is 10.4. The molecule has 1 atom stereocenters. The van der Waals surface area contributed by atoms with Crippen LogP contribution in [0.4, 0.5) is 0 Å². The Balaban J connectivity index is 2.30. The van der Waals surface area contributed by atoms with Crippen molar-refractivity contribution in [3.05, 3.63) is 72.8 Å². The number of para-hydroxylation sites is 1. The molecule has 4 heteroatoms. The van der Waals surface area contributed by atoms with Gasteiger partial charge in [-0.2, -0.15) is 0 Å². The van der Waals surface area contributed by atoms with E-state index in [4.69, 9.17) is 4.52 Å². The highest BCUT2D eigenvalue weighted by atomic mass is 31.2. The van der Waals surface area contributed by atoms with Gasteiger partial charge in [-0.3, -0.25) is 0 Å². The first kappa shape index (κ1) is 13.6. The Kier molecular flexibility index (Phi) is 4.20. The average Bonchev–Trinajstić information content (AvgIpc) is 2.42. The molecule has 0 saturated carbocycles. The second-order valence-corrected chi connectivity index (χ2v) is 5.79. The lowest BCUT2D eigenvalue weighted by atomic mass is 10.1. The largest absolute Gasteiger partial charge is 0.421 e. The van der Waals surface area contributed by atoms with Gasteiger partial charge in [-0.1, -0.05) is 42.5 Å². The van der Waals surface area contributed by atoms with Crippen LogP contribution >= 0.6 is 7.60 Å². The fourth-order valence-corrected chi connectivity index (χ4v) is 2.82. The molecular formula is C15H15O3P. The standard InChI is InChI=1S/C15H15O3P/c1-2-8-13-9-6-7-12-15(13)18-19(16,17)14-10-4-3-5-11-14/h2-7,9-12H,1,8H2,(H,16,17). The number of rotatable bonds is 5. The lowest BCUT2D eigenvalue weighted by Gasteiger charge is -2.15. The predicted octanol–water partition coefficient (Wildman–Crippen LogP) is 3.30. The van der Waals surface area contributed by atoms with Crippen molar-refractivity contribution in [1.29, 1.82) is 0 Å². The van der Waals surface area contributed by atoms with Gasteiger partial charge in [-0.25, -0.2) is 4.57 Å². The van der Waals surface area contributed by atoms with Gasteiger partial charge < -0.3 is 9.42 Å². The molecule has 0 aliphatic heterocycles. The van der Waals surface area contributed by atoms with E-state index in [-0.39, 0.29) is 5.30 Å². The lowest BCUT2D eigenvalue weighted by Crippen LogP contribution is -2.09. The van der Waals surface area contributed by atoms with Crippen LogP contribution in [-0.2, 0) is 11.0 Å². The maximum Gasteiger partial charge on any atom is 0.408 e. The van der Waals surface area contributed by atoms with Crippen LogP contribution in [0, 0.1) is 0 Å². The maximum absolute atomic E-state index is 12.2. The van der Waals surface area contributed by atoms with Gasteiger partial charge in [0.1, 0.15) is 5.75 Å². The molecule has 1 unspecified atom stereocenters. The topological polar surface area (TPSA) is 46.5 Å². The summed E-state index contributed by atoms with van der Waals surface area (Å²) >= 11 is 0. The van der Waals surface area contributed by atoms with Gasteiger partial charge in [-0.15, -0.1) is 6.58 Å². The molecule has 0 amide bonds. The SMILES string of the molecule is C=CCc1ccccc1OP(=O)(O)c1ccccc1. The monoisotopic (exact) mass is 274 g/mol. The summed E-state index contributed by atoms with van der Waals surface area (Å²) in [5, 5.41) is 0.281. The van der Waals surface area contributed by atoms with Crippen molar-refractivity contribution >= 4 is 12.9 Å². The molecule has 19 heavy (non-hydrogen) atoms. The highest BCUT2D eigenvalue weighted by molar-refractivity contribution is 7.61. The normalized spacial score (nSPS) is 13.5. The zero-order valence-corrected chi connectivity index (χ0v) is 11.3. The molecule has 0 saturated heterocycles. The van der Waals surface area contributed by atoms with E-state index >= 15 is 0 Å². The van der Waals surface area contributed by atoms with Gasteiger partial charge in [0.2, 0.25) is 0 Å². The van der Waals surface area contributed by atoms with E-state index in [2.05, 4.69) is 6.58 Å². The first-order chi connectivity index (χ1) is 9.13. The van der Waals surface area contributed by atoms with Crippen LogP contribution in [0.3, 0.4) is 0 Å². The summed E-state index contributed by atoms with van der Waals surface area (Å²) in [6, 6.07) is 15.5. The van der Waals surface area contributed by atoms with Gasteiger partial charge in [0, 0.05) is 0 Å². The summed E-state index contributed by atoms with van der Waals surface area (Å²) in [7, 11) is -3.85. The fraction of sp³-hybridized carbons (Fsp3) is 0.0667. The number of benzene rings is 2. The molecule has 0 aliphatic rings. The molecular weight excluding hydrogens is 259 g/mol. The van der Waals surface area contributed by atoms with Crippen LogP contribution in [0.15, 0.2) is 67.3 Å². The first-order valence-corrected chi connectivity index (χ1v) is 7.48. The number of allylic oxidation sites excluding steroid dienone is 1. The highest BCUT2D eigenvalue weighted by Crippen LogP contribution is 2.42. The van der Waals surface area contributed by atoms with Crippen molar-refractivity contribution in [3.63, 3.8) is 0 Å². The Labute approximate surface area is 112 Å². The molecule has 0 aliphatic carbocycles. The summed E-state index contributed by atoms with van der Waals surface area (Å²) in [5.74, 6) is 0.414. The molecule has 0 fully saturated rings. The van der Waals surface area contributed by atoms with Crippen LogP contribution < -0.4 is 9.83 Å². The second-order valence-electron chi connectivity index (χ2n) is 4.05. The minimum absolute atomic E-state index is 0.281. The minimum atomic E-state index is -3.85. The zero-order chi connectivity index (χ0) is 13.7. The van der Waals surface area contributed by atoms with Crippen molar-refractivity contribution < 1.29 is 14.0 Å². The molecule has 0 aromatic heterocycles. The van der Waals surface area contributed by atoms with Crippen LogP contribution in [0.2, 0.25) is 0 Å². The Morgan fingerprint density at radius 2 is 1.74 bits per heavy atom. The summed E-state index contributed by atoms with van der Waals surface area (Å²) in [6.07, 6.45) is 2.32. The van der Waals surface area contributed by atoms with Crippen LogP contribution in [0.1, 0.15) is 5.56 Å². The molecule has 0 bridgehead atoms. The van der Waals surface area contributed by atoms with Crippen molar-refractivity contribution in [3.8, 4) is 5.75 Å². The Hall–Kier alpha value is -1.83. The Morgan fingerprint density at radius 1 is 1.11 bits per heavy atom.